The van der Waals surface area contributed by atoms with Crippen molar-refractivity contribution in [3.63, 3.8) is 0 Å². The number of nitrogens with zero attached hydrogens (tertiary/aromatic N) is 4. The number of hydrogen-bond acceptors (Lipinski definition) is 5. The summed E-state index contributed by atoms with van der Waals surface area (Å²) in [7, 11) is 0. The molecule has 7 nitrogen and oxygen atoms in total. The molecule has 0 saturated carbocycles. The second-order valence-corrected chi connectivity index (χ2v) is 9.99. The number of carbonyl (C=O) groups excluding carboxylic acids is 2. The van der Waals surface area contributed by atoms with Gasteiger partial charge in [0.15, 0.2) is 0 Å². The van der Waals surface area contributed by atoms with E-state index >= 15 is 0 Å². The summed E-state index contributed by atoms with van der Waals surface area (Å²) >= 11 is 0. The standard InChI is InChI=1S/C26H31N5O2/c1-25(2,3)19-9-11-20(12-10-19)31(24(33)21-17-28-14-15-29-21)22(18-8-7-13-27-16-18)23(32)30-26(4,5)6/h7-17,22H,1-6H3,(H,30,32). The number of hydrogen-bond donors (Lipinski definition) is 1. The number of amides is 2. The molecule has 0 spiro atoms. The highest BCUT2D eigenvalue weighted by atomic mass is 16.2. The summed E-state index contributed by atoms with van der Waals surface area (Å²) in [4.78, 5) is 41.2. The van der Waals surface area contributed by atoms with Crippen LogP contribution in [-0.2, 0) is 10.2 Å². The summed E-state index contributed by atoms with van der Waals surface area (Å²) in [6.07, 6.45) is 7.61. The minimum atomic E-state index is -0.951. The Morgan fingerprint density at radius 2 is 1.55 bits per heavy atom. The average Bonchev–Trinajstić information content (AvgIpc) is 2.76. The maximum atomic E-state index is 13.7. The highest BCUT2D eigenvalue weighted by molar-refractivity contribution is 6.09. The maximum Gasteiger partial charge on any atom is 0.279 e. The molecule has 2 heterocycles. The smallest absolute Gasteiger partial charge is 0.279 e. The fraction of sp³-hybridized carbons (Fsp3) is 0.346. The molecule has 0 aliphatic rings. The van der Waals surface area contributed by atoms with Crippen molar-refractivity contribution in [2.24, 2.45) is 0 Å². The average molecular weight is 446 g/mol. The SMILES string of the molecule is CC(C)(C)NC(=O)C(c1cccnc1)N(C(=O)c1cnccn1)c1ccc(C(C)(C)C)cc1. The second-order valence-electron chi connectivity index (χ2n) is 9.99. The summed E-state index contributed by atoms with van der Waals surface area (Å²) in [5.41, 5.74) is 1.90. The highest BCUT2D eigenvalue weighted by Crippen LogP contribution is 2.32. The van der Waals surface area contributed by atoms with Gasteiger partial charge < -0.3 is 5.32 Å². The third-order valence-corrected chi connectivity index (χ3v) is 5.02. The lowest BCUT2D eigenvalue weighted by Crippen LogP contribution is -2.49. The Morgan fingerprint density at radius 1 is 0.879 bits per heavy atom. The van der Waals surface area contributed by atoms with E-state index in [0.29, 0.717) is 11.3 Å². The van der Waals surface area contributed by atoms with E-state index < -0.39 is 17.5 Å². The molecule has 1 N–H and O–H groups in total. The van der Waals surface area contributed by atoms with Gasteiger partial charge >= 0.3 is 0 Å². The molecule has 0 radical (unpaired) electrons. The molecule has 1 aromatic carbocycles. The molecular weight excluding hydrogens is 414 g/mol. The Balaban J connectivity index is 2.17. The van der Waals surface area contributed by atoms with E-state index in [1.165, 1.54) is 23.5 Å². The van der Waals surface area contributed by atoms with Gasteiger partial charge in [-0.2, -0.15) is 0 Å². The zero-order valence-corrected chi connectivity index (χ0v) is 20.0. The van der Waals surface area contributed by atoms with Crippen LogP contribution in [0.4, 0.5) is 5.69 Å². The Labute approximate surface area is 195 Å². The van der Waals surface area contributed by atoms with Crippen molar-refractivity contribution in [1.82, 2.24) is 20.3 Å². The number of carbonyl (C=O) groups is 2. The summed E-state index contributed by atoms with van der Waals surface area (Å²) in [5.74, 6) is -0.739. The first-order valence-electron chi connectivity index (χ1n) is 10.9. The summed E-state index contributed by atoms with van der Waals surface area (Å²) in [6, 6.07) is 10.3. The molecule has 7 heteroatoms. The van der Waals surface area contributed by atoms with Gasteiger partial charge in [-0.1, -0.05) is 39.0 Å². The molecule has 3 aromatic rings. The molecule has 3 rings (SSSR count). The monoisotopic (exact) mass is 445 g/mol. The molecule has 2 aromatic heterocycles. The van der Waals surface area contributed by atoms with Gasteiger partial charge in [0.05, 0.1) is 6.20 Å². The Hall–Kier alpha value is -3.61. The zero-order chi connectivity index (χ0) is 24.2. The Morgan fingerprint density at radius 3 is 2.06 bits per heavy atom. The molecule has 0 bridgehead atoms. The predicted molar refractivity (Wildman–Crippen MR) is 129 cm³/mol. The van der Waals surface area contributed by atoms with E-state index in [1.807, 2.05) is 45.0 Å². The molecule has 172 valence electrons. The lowest BCUT2D eigenvalue weighted by Gasteiger charge is -2.33. The first-order chi connectivity index (χ1) is 15.5. The topological polar surface area (TPSA) is 88.1 Å². The van der Waals surface area contributed by atoms with Crippen LogP contribution in [-0.4, -0.2) is 32.3 Å². The van der Waals surface area contributed by atoms with Gasteiger partial charge in [-0.15, -0.1) is 0 Å². The van der Waals surface area contributed by atoms with E-state index in [0.717, 1.165) is 5.56 Å². The van der Waals surface area contributed by atoms with Crippen LogP contribution in [0.25, 0.3) is 0 Å². The van der Waals surface area contributed by atoms with Gasteiger partial charge in [0.25, 0.3) is 5.91 Å². The summed E-state index contributed by atoms with van der Waals surface area (Å²) in [6.45, 7) is 12.1. The van der Waals surface area contributed by atoms with Crippen molar-refractivity contribution >= 4 is 17.5 Å². The maximum absolute atomic E-state index is 13.7. The van der Waals surface area contributed by atoms with Crippen molar-refractivity contribution in [2.45, 2.75) is 58.5 Å². The van der Waals surface area contributed by atoms with Crippen molar-refractivity contribution in [3.8, 4) is 0 Å². The third kappa shape index (κ3) is 6.00. The molecule has 0 aliphatic carbocycles. The van der Waals surface area contributed by atoms with Crippen LogP contribution in [0, 0.1) is 0 Å². The molecule has 2 amide bonds. The van der Waals surface area contributed by atoms with Crippen LogP contribution in [0.1, 0.15) is 69.2 Å². The number of rotatable bonds is 5. The van der Waals surface area contributed by atoms with Crippen LogP contribution in [0.2, 0.25) is 0 Å². The van der Waals surface area contributed by atoms with Crippen molar-refractivity contribution in [1.29, 1.82) is 0 Å². The van der Waals surface area contributed by atoms with Crippen LogP contribution in [0.15, 0.2) is 67.4 Å². The number of anilines is 1. The van der Waals surface area contributed by atoms with E-state index in [9.17, 15) is 9.59 Å². The van der Waals surface area contributed by atoms with Crippen LogP contribution >= 0.6 is 0 Å². The number of benzene rings is 1. The largest absolute Gasteiger partial charge is 0.349 e. The van der Waals surface area contributed by atoms with Gasteiger partial charge in [-0.25, -0.2) is 4.98 Å². The minimum Gasteiger partial charge on any atom is -0.349 e. The van der Waals surface area contributed by atoms with Crippen molar-refractivity contribution < 1.29 is 9.59 Å². The van der Waals surface area contributed by atoms with Gasteiger partial charge in [-0.3, -0.25) is 24.5 Å². The normalized spacial score (nSPS) is 12.7. The molecular formula is C26H31N5O2. The second kappa shape index (κ2) is 9.48. The van der Waals surface area contributed by atoms with E-state index in [4.69, 9.17) is 0 Å². The summed E-state index contributed by atoms with van der Waals surface area (Å²) < 4.78 is 0. The first-order valence-corrected chi connectivity index (χ1v) is 10.9. The van der Waals surface area contributed by atoms with Gasteiger partial charge in [0.2, 0.25) is 5.91 Å². The number of pyridine rings is 1. The summed E-state index contributed by atoms with van der Waals surface area (Å²) in [5, 5.41) is 3.01. The quantitative estimate of drug-likeness (QED) is 0.626. The van der Waals surface area contributed by atoms with Crippen LogP contribution in [0.5, 0.6) is 0 Å². The van der Waals surface area contributed by atoms with E-state index in [2.05, 4.69) is 41.0 Å². The fourth-order valence-electron chi connectivity index (χ4n) is 3.43. The Bertz CT molecular complexity index is 1090. The minimum absolute atomic E-state index is 0.0510. The molecule has 1 unspecified atom stereocenters. The van der Waals surface area contributed by atoms with Gasteiger partial charge in [-0.05, 0) is 49.9 Å². The lowest BCUT2D eigenvalue weighted by molar-refractivity contribution is -0.123. The highest BCUT2D eigenvalue weighted by Gasteiger charge is 2.35. The van der Waals surface area contributed by atoms with E-state index in [-0.39, 0.29) is 17.0 Å². The van der Waals surface area contributed by atoms with Crippen LogP contribution in [0.3, 0.4) is 0 Å². The van der Waals surface area contributed by atoms with E-state index in [1.54, 1.807) is 24.5 Å². The van der Waals surface area contributed by atoms with Crippen molar-refractivity contribution in [2.75, 3.05) is 4.90 Å². The number of nitrogens with one attached hydrogen (secondary N) is 1. The molecule has 33 heavy (non-hydrogen) atoms. The molecule has 1 atom stereocenters. The first kappa shape index (κ1) is 24.0. The molecule has 0 aliphatic heterocycles. The fourth-order valence-corrected chi connectivity index (χ4v) is 3.43. The number of aromatic nitrogens is 3. The molecule has 0 fully saturated rings. The third-order valence-electron chi connectivity index (χ3n) is 5.02. The zero-order valence-electron chi connectivity index (χ0n) is 20.0. The Kier molecular flexibility index (Phi) is 6.91. The van der Waals surface area contributed by atoms with Crippen molar-refractivity contribution in [3.05, 3.63) is 84.2 Å². The van der Waals surface area contributed by atoms with Gasteiger partial charge in [0, 0.05) is 41.6 Å². The predicted octanol–water partition coefficient (Wildman–Crippen LogP) is 4.47. The van der Waals surface area contributed by atoms with Gasteiger partial charge in [0.1, 0.15) is 11.7 Å². The van der Waals surface area contributed by atoms with Crippen LogP contribution < -0.4 is 10.2 Å². The lowest BCUT2D eigenvalue weighted by atomic mass is 9.87. The molecule has 0 saturated heterocycles.